The van der Waals surface area contributed by atoms with E-state index in [9.17, 15) is 9.59 Å². The molecule has 0 unspecified atom stereocenters. The van der Waals surface area contributed by atoms with Crippen LogP contribution in [0, 0.1) is 0 Å². The zero-order chi connectivity index (χ0) is 19.1. The van der Waals surface area contributed by atoms with Crippen LogP contribution in [0.3, 0.4) is 0 Å². The van der Waals surface area contributed by atoms with Crippen LogP contribution in [-0.4, -0.2) is 61.5 Å². The lowest BCUT2D eigenvalue weighted by molar-refractivity contribution is -0.122. The molecular weight excluding hydrogens is 346 g/mol. The van der Waals surface area contributed by atoms with E-state index in [0.717, 1.165) is 31.7 Å². The van der Waals surface area contributed by atoms with E-state index < -0.39 is 0 Å². The third-order valence-electron chi connectivity index (χ3n) is 4.68. The first kappa shape index (κ1) is 19.1. The van der Waals surface area contributed by atoms with Gasteiger partial charge in [-0.1, -0.05) is 30.3 Å². The smallest absolute Gasteiger partial charge is 0.341 e. The van der Waals surface area contributed by atoms with Crippen molar-refractivity contribution in [2.24, 2.45) is 0 Å². The second-order valence-electron chi connectivity index (χ2n) is 6.56. The lowest BCUT2D eigenvalue weighted by atomic mass is 10.2. The van der Waals surface area contributed by atoms with E-state index in [1.165, 1.54) is 13.4 Å². The second-order valence-corrected chi connectivity index (χ2v) is 6.56. The molecule has 2 aromatic rings. The van der Waals surface area contributed by atoms with Crippen LogP contribution in [0.5, 0.6) is 0 Å². The number of amides is 1. The van der Waals surface area contributed by atoms with Gasteiger partial charge in [0.15, 0.2) is 0 Å². The molecule has 7 heteroatoms. The number of carbonyl (C=O) groups is 2. The van der Waals surface area contributed by atoms with Crippen LogP contribution in [0.4, 0.5) is 0 Å². The van der Waals surface area contributed by atoms with Gasteiger partial charge in [0, 0.05) is 32.7 Å². The van der Waals surface area contributed by atoms with Gasteiger partial charge >= 0.3 is 5.97 Å². The first-order valence-corrected chi connectivity index (χ1v) is 9.05. The normalized spacial score (nSPS) is 15.4. The maximum atomic E-state index is 12.1. The highest BCUT2D eigenvalue weighted by molar-refractivity contribution is 5.90. The summed E-state index contributed by atoms with van der Waals surface area (Å²) in [5, 5.41) is 2.96. The van der Waals surface area contributed by atoms with Crippen molar-refractivity contribution in [1.29, 1.82) is 0 Å². The molecule has 1 amide bonds. The molecule has 1 aliphatic rings. The van der Waals surface area contributed by atoms with Crippen LogP contribution in [0.15, 0.2) is 47.1 Å². The van der Waals surface area contributed by atoms with E-state index in [0.29, 0.717) is 31.0 Å². The fourth-order valence-electron chi connectivity index (χ4n) is 3.12. The summed E-state index contributed by atoms with van der Waals surface area (Å²) in [6.07, 6.45) is 1.51. The minimum atomic E-state index is -0.382. The van der Waals surface area contributed by atoms with Gasteiger partial charge in [0.2, 0.25) is 5.91 Å². The number of rotatable bonds is 7. The Morgan fingerprint density at radius 3 is 2.48 bits per heavy atom. The zero-order valence-electron chi connectivity index (χ0n) is 15.5. The van der Waals surface area contributed by atoms with Gasteiger partial charge in [0.05, 0.1) is 26.5 Å². The van der Waals surface area contributed by atoms with Crippen molar-refractivity contribution < 1.29 is 18.7 Å². The molecule has 2 heterocycles. The van der Waals surface area contributed by atoms with Gasteiger partial charge in [-0.3, -0.25) is 14.6 Å². The van der Waals surface area contributed by atoms with Crippen molar-refractivity contribution in [1.82, 2.24) is 15.1 Å². The van der Waals surface area contributed by atoms with Gasteiger partial charge in [-0.2, -0.15) is 0 Å². The highest BCUT2D eigenvalue weighted by Crippen LogP contribution is 2.15. The number of benzene rings is 1. The van der Waals surface area contributed by atoms with E-state index in [4.69, 9.17) is 9.15 Å². The van der Waals surface area contributed by atoms with Gasteiger partial charge in [-0.15, -0.1) is 0 Å². The molecule has 0 saturated carbocycles. The molecule has 3 rings (SSSR count). The van der Waals surface area contributed by atoms with Crippen LogP contribution in [0.25, 0.3) is 0 Å². The topological polar surface area (TPSA) is 75.0 Å². The average Bonchev–Trinajstić information content (AvgIpc) is 3.16. The van der Waals surface area contributed by atoms with E-state index in [1.54, 1.807) is 6.07 Å². The van der Waals surface area contributed by atoms with Crippen LogP contribution < -0.4 is 5.32 Å². The highest BCUT2D eigenvalue weighted by Gasteiger charge is 2.22. The Labute approximate surface area is 158 Å². The van der Waals surface area contributed by atoms with Gasteiger partial charge in [-0.05, 0) is 11.6 Å². The van der Waals surface area contributed by atoms with Crippen molar-refractivity contribution in [2.45, 2.75) is 13.1 Å². The standard InChI is InChI=1S/C20H25N3O4/c1-26-20(25)17-7-12-27-18(17)14-22-8-10-23(11-9-22)15-19(24)21-13-16-5-3-2-4-6-16/h2-7,12H,8-11,13-15H2,1H3,(H,21,24). The molecule has 1 N–H and O–H groups in total. The number of piperazine rings is 1. The maximum Gasteiger partial charge on any atom is 0.341 e. The lowest BCUT2D eigenvalue weighted by Crippen LogP contribution is -2.49. The molecule has 1 aliphatic heterocycles. The number of ether oxygens (including phenoxy) is 1. The van der Waals surface area contributed by atoms with Crippen molar-refractivity contribution in [3.05, 3.63) is 59.5 Å². The van der Waals surface area contributed by atoms with E-state index in [2.05, 4.69) is 15.1 Å². The Morgan fingerprint density at radius 2 is 1.78 bits per heavy atom. The Kier molecular flexibility index (Phi) is 6.62. The summed E-state index contributed by atoms with van der Waals surface area (Å²) >= 11 is 0. The first-order valence-electron chi connectivity index (χ1n) is 9.05. The third-order valence-corrected chi connectivity index (χ3v) is 4.68. The van der Waals surface area contributed by atoms with Crippen molar-refractivity contribution in [3.63, 3.8) is 0 Å². The number of hydrogen-bond acceptors (Lipinski definition) is 6. The molecule has 1 fully saturated rings. The van der Waals surface area contributed by atoms with E-state index in [-0.39, 0.29) is 11.9 Å². The van der Waals surface area contributed by atoms with E-state index >= 15 is 0 Å². The quantitative estimate of drug-likeness (QED) is 0.744. The number of esters is 1. The number of carbonyl (C=O) groups excluding carboxylic acids is 2. The Hall–Kier alpha value is -2.64. The molecule has 0 radical (unpaired) electrons. The number of hydrogen-bond donors (Lipinski definition) is 1. The Bertz CT molecular complexity index is 752. The molecule has 1 saturated heterocycles. The maximum absolute atomic E-state index is 12.1. The molecule has 27 heavy (non-hydrogen) atoms. The molecule has 0 spiro atoms. The summed E-state index contributed by atoms with van der Waals surface area (Å²) in [7, 11) is 1.36. The minimum Gasteiger partial charge on any atom is -0.467 e. The van der Waals surface area contributed by atoms with Crippen molar-refractivity contribution in [3.8, 4) is 0 Å². The van der Waals surface area contributed by atoms with Crippen LogP contribution >= 0.6 is 0 Å². The molecule has 0 aliphatic carbocycles. The molecular formula is C20H25N3O4. The van der Waals surface area contributed by atoms with E-state index in [1.807, 2.05) is 30.3 Å². The Balaban J connectivity index is 1.40. The van der Waals surface area contributed by atoms with Gasteiger partial charge in [-0.25, -0.2) is 4.79 Å². The third kappa shape index (κ3) is 5.42. The van der Waals surface area contributed by atoms with Crippen LogP contribution in [0.1, 0.15) is 21.7 Å². The minimum absolute atomic E-state index is 0.0336. The van der Waals surface area contributed by atoms with Gasteiger partial charge < -0.3 is 14.5 Å². The number of nitrogens with zero attached hydrogens (tertiary/aromatic N) is 2. The van der Waals surface area contributed by atoms with Crippen LogP contribution in [0.2, 0.25) is 0 Å². The van der Waals surface area contributed by atoms with Gasteiger partial charge in [0.25, 0.3) is 0 Å². The fourth-order valence-corrected chi connectivity index (χ4v) is 3.12. The molecule has 1 aromatic carbocycles. The number of furan rings is 1. The highest BCUT2D eigenvalue weighted by atomic mass is 16.5. The number of nitrogens with one attached hydrogen (secondary N) is 1. The average molecular weight is 371 g/mol. The van der Waals surface area contributed by atoms with Crippen molar-refractivity contribution >= 4 is 11.9 Å². The molecule has 0 bridgehead atoms. The summed E-state index contributed by atoms with van der Waals surface area (Å²) in [6, 6.07) is 11.5. The first-order chi connectivity index (χ1) is 13.2. The molecule has 0 atom stereocenters. The van der Waals surface area contributed by atoms with Gasteiger partial charge in [0.1, 0.15) is 11.3 Å². The summed E-state index contributed by atoms with van der Waals surface area (Å²) in [5.74, 6) is 0.273. The SMILES string of the molecule is COC(=O)c1ccoc1CN1CCN(CC(=O)NCc2ccccc2)CC1. The predicted molar refractivity (Wildman–Crippen MR) is 100 cm³/mol. The fraction of sp³-hybridized carbons (Fsp3) is 0.400. The number of methoxy groups -OCH3 is 1. The monoisotopic (exact) mass is 371 g/mol. The molecule has 1 aromatic heterocycles. The predicted octanol–water partition coefficient (Wildman–Crippen LogP) is 1.50. The molecule has 7 nitrogen and oxygen atoms in total. The Morgan fingerprint density at radius 1 is 1.07 bits per heavy atom. The lowest BCUT2D eigenvalue weighted by Gasteiger charge is -2.33. The summed E-state index contributed by atoms with van der Waals surface area (Å²) in [5.41, 5.74) is 1.57. The van der Waals surface area contributed by atoms with Crippen LogP contribution in [-0.2, 0) is 22.6 Å². The zero-order valence-corrected chi connectivity index (χ0v) is 15.5. The summed E-state index contributed by atoms with van der Waals surface area (Å²) < 4.78 is 10.2. The molecule has 144 valence electrons. The largest absolute Gasteiger partial charge is 0.467 e. The summed E-state index contributed by atoms with van der Waals surface area (Å²) in [4.78, 5) is 28.2. The second kappa shape index (κ2) is 9.34. The summed E-state index contributed by atoms with van der Waals surface area (Å²) in [6.45, 7) is 4.73. The van der Waals surface area contributed by atoms with Crippen molar-refractivity contribution in [2.75, 3.05) is 39.8 Å².